The molecule has 3 rings (SSSR count). The van der Waals surface area contributed by atoms with Gasteiger partial charge in [-0.25, -0.2) is 4.39 Å². The van der Waals surface area contributed by atoms with Gasteiger partial charge in [0.15, 0.2) is 0 Å². The normalized spacial score (nSPS) is 23.7. The van der Waals surface area contributed by atoms with Gasteiger partial charge in [0.25, 0.3) is 0 Å². The largest absolute Gasteiger partial charge is 0.394 e. The van der Waals surface area contributed by atoms with Crippen molar-refractivity contribution >= 4 is 10.9 Å². The van der Waals surface area contributed by atoms with Gasteiger partial charge in [-0.3, -0.25) is 4.98 Å². The van der Waals surface area contributed by atoms with Crippen LogP contribution < -0.4 is 0 Å². The first-order valence-electron chi connectivity index (χ1n) is 6.54. The molecule has 1 aromatic carbocycles. The van der Waals surface area contributed by atoms with E-state index in [1.807, 2.05) is 6.07 Å². The molecular formula is C15H16FNO2. The third-order valence-corrected chi connectivity index (χ3v) is 3.75. The minimum atomic E-state index is -0.244. The Bertz CT molecular complexity index is 579. The summed E-state index contributed by atoms with van der Waals surface area (Å²) in [4.78, 5) is 4.26. The number of rotatable bonds is 2. The van der Waals surface area contributed by atoms with Crippen molar-refractivity contribution in [2.75, 3.05) is 13.2 Å². The number of aliphatic hydroxyl groups is 1. The topological polar surface area (TPSA) is 42.4 Å². The second kappa shape index (κ2) is 5.23. The highest BCUT2D eigenvalue weighted by Gasteiger charge is 2.23. The zero-order chi connectivity index (χ0) is 13.2. The highest BCUT2D eigenvalue weighted by molar-refractivity contribution is 5.82. The Morgan fingerprint density at radius 2 is 2.21 bits per heavy atom. The summed E-state index contributed by atoms with van der Waals surface area (Å²) < 4.78 is 19.0. The van der Waals surface area contributed by atoms with Gasteiger partial charge in [-0.2, -0.15) is 0 Å². The SMILES string of the molecule is OCC1CCC(c2ccnc3ccc(F)cc23)CO1. The zero-order valence-corrected chi connectivity index (χ0v) is 10.6. The quantitative estimate of drug-likeness (QED) is 0.903. The van der Waals surface area contributed by atoms with Crippen molar-refractivity contribution in [2.45, 2.75) is 24.9 Å². The van der Waals surface area contributed by atoms with E-state index in [2.05, 4.69) is 4.98 Å². The molecule has 0 radical (unpaired) electrons. The molecule has 1 aliphatic rings. The van der Waals surface area contributed by atoms with E-state index in [9.17, 15) is 4.39 Å². The average molecular weight is 261 g/mol. The minimum Gasteiger partial charge on any atom is -0.394 e. The van der Waals surface area contributed by atoms with E-state index in [1.165, 1.54) is 12.1 Å². The lowest BCUT2D eigenvalue weighted by atomic mass is 9.89. The summed E-state index contributed by atoms with van der Waals surface area (Å²) >= 11 is 0. The van der Waals surface area contributed by atoms with Crippen LogP contribution in [-0.4, -0.2) is 29.4 Å². The van der Waals surface area contributed by atoms with Gasteiger partial charge in [-0.05, 0) is 42.7 Å². The van der Waals surface area contributed by atoms with Crippen LogP contribution in [0.3, 0.4) is 0 Å². The molecule has 19 heavy (non-hydrogen) atoms. The number of pyridine rings is 1. The Morgan fingerprint density at radius 3 is 2.95 bits per heavy atom. The first-order chi connectivity index (χ1) is 9.28. The molecule has 4 heteroatoms. The van der Waals surface area contributed by atoms with Gasteiger partial charge >= 0.3 is 0 Å². The van der Waals surface area contributed by atoms with Crippen LogP contribution in [0.2, 0.25) is 0 Å². The van der Waals surface area contributed by atoms with Crippen molar-refractivity contribution in [1.82, 2.24) is 4.98 Å². The number of hydrogen-bond donors (Lipinski definition) is 1. The highest BCUT2D eigenvalue weighted by Crippen LogP contribution is 2.32. The number of aromatic nitrogens is 1. The molecule has 2 heterocycles. The molecule has 1 saturated heterocycles. The Labute approximate surface area is 111 Å². The van der Waals surface area contributed by atoms with Gasteiger partial charge < -0.3 is 9.84 Å². The predicted molar refractivity (Wildman–Crippen MR) is 70.5 cm³/mol. The summed E-state index contributed by atoms with van der Waals surface area (Å²) in [6.45, 7) is 0.638. The molecule has 0 saturated carbocycles. The summed E-state index contributed by atoms with van der Waals surface area (Å²) in [6.07, 6.45) is 3.48. The van der Waals surface area contributed by atoms with Gasteiger partial charge in [0.1, 0.15) is 5.82 Å². The third-order valence-electron chi connectivity index (χ3n) is 3.75. The van der Waals surface area contributed by atoms with Crippen LogP contribution in [0, 0.1) is 5.82 Å². The molecule has 1 fully saturated rings. The molecule has 0 bridgehead atoms. The molecule has 0 amide bonds. The second-order valence-corrected chi connectivity index (χ2v) is 4.97. The highest BCUT2D eigenvalue weighted by atomic mass is 19.1. The van der Waals surface area contributed by atoms with Gasteiger partial charge in [0.05, 0.1) is 24.8 Å². The van der Waals surface area contributed by atoms with E-state index in [0.717, 1.165) is 29.3 Å². The first kappa shape index (κ1) is 12.5. The maximum Gasteiger partial charge on any atom is 0.123 e. The van der Waals surface area contributed by atoms with Gasteiger partial charge in [-0.1, -0.05) is 0 Å². The maximum absolute atomic E-state index is 13.4. The first-order valence-corrected chi connectivity index (χ1v) is 6.54. The van der Waals surface area contributed by atoms with Crippen LogP contribution >= 0.6 is 0 Å². The average Bonchev–Trinajstić information content (AvgIpc) is 2.47. The number of fused-ring (bicyclic) bond motifs is 1. The molecule has 3 nitrogen and oxygen atoms in total. The predicted octanol–water partition coefficient (Wildman–Crippen LogP) is 2.63. The molecule has 1 N–H and O–H groups in total. The molecule has 1 aliphatic heterocycles. The van der Waals surface area contributed by atoms with Crippen LogP contribution in [0.25, 0.3) is 10.9 Å². The number of hydrogen-bond acceptors (Lipinski definition) is 3. The van der Waals surface area contributed by atoms with E-state index >= 15 is 0 Å². The molecule has 0 aliphatic carbocycles. The fraction of sp³-hybridized carbons (Fsp3) is 0.400. The monoisotopic (exact) mass is 261 g/mol. The van der Waals surface area contributed by atoms with Crippen LogP contribution in [0.5, 0.6) is 0 Å². The van der Waals surface area contributed by atoms with Crippen molar-refractivity contribution in [3.63, 3.8) is 0 Å². The van der Waals surface area contributed by atoms with Crippen molar-refractivity contribution < 1.29 is 14.2 Å². The number of aliphatic hydroxyl groups excluding tert-OH is 1. The van der Waals surface area contributed by atoms with Gasteiger partial charge in [-0.15, -0.1) is 0 Å². The lowest BCUT2D eigenvalue weighted by Gasteiger charge is -2.28. The van der Waals surface area contributed by atoms with E-state index in [4.69, 9.17) is 9.84 Å². The summed E-state index contributed by atoms with van der Waals surface area (Å²) in [5.41, 5.74) is 1.89. The summed E-state index contributed by atoms with van der Waals surface area (Å²) in [5, 5.41) is 9.93. The van der Waals surface area contributed by atoms with Crippen LogP contribution in [0.15, 0.2) is 30.5 Å². The number of nitrogens with zero attached hydrogens (tertiary/aromatic N) is 1. The second-order valence-electron chi connectivity index (χ2n) is 4.97. The third kappa shape index (κ3) is 2.46. The lowest BCUT2D eigenvalue weighted by molar-refractivity contribution is -0.0267. The van der Waals surface area contributed by atoms with Crippen molar-refractivity contribution in [1.29, 1.82) is 0 Å². The number of ether oxygens (including phenoxy) is 1. The Kier molecular flexibility index (Phi) is 3.44. The van der Waals surface area contributed by atoms with Crippen molar-refractivity contribution in [3.05, 3.63) is 41.8 Å². The van der Waals surface area contributed by atoms with Crippen LogP contribution in [-0.2, 0) is 4.74 Å². The van der Waals surface area contributed by atoms with Crippen LogP contribution in [0.4, 0.5) is 4.39 Å². The molecule has 2 aromatic rings. The number of halogens is 1. The Hall–Kier alpha value is -1.52. The lowest BCUT2D eigenvalue weighted by Crippen LogP contribution is -2.27. The van der Waals surface area contributed by atoms with E-state index in [1.54, 1.807) is 12.3 Å². The Morgan fingerprint density at radius 1 is 1.32 bits per heavy atom. The van der Waals surface area contributed by atoms with Crippen molar-refractivity contribution in [3.8, 4) is 0 Å². The standard InChI is InChI=1S/C15H16FNO2/c16-11-2-4-15-14(7-11)13(5-6-17-15)10-1-3-12(8-18)19-9-10/h2,4-7,10,12,18H,1,3,8-9H2. The summed E-state index contributed by atoms with van der Waals surface area (Å²) in [7, 11) is 0. The molecule has 2 atom stereocenters. The maximum atomic E-state index is 13.4. The molecule has 100 valence electrons. The summed E-state index contributed by atoms with van der Waals surface area (Å²) in [5.74, 6) is 0.00168. The molecule has 2 unspecified atom stereocenters. The van der Waals surface area contributed by atoms with Crippen molar-refractivity contribution in [2.24, 2.45) is 0 Å². The smallest absolute Gasteiger partial charge is 0.123 e. The fourth-order valence-corrected chi connectivity index (χ4v) is 2.69. The van der Waals surface area contributed by atoms with Gasteiger partial charge in [0, 0.05) is 17.5 Å². The van der Waals surface area contributed by atoms with E-state index < -0.39 is 0 Å². The van der Waals surface area contributed by atoms with Gasteiger partial charge in [0.2, 0.25) is 0 Å². The molecule has 0 spiro atoms. The number of benzene rings is 1. The Balaban J connectivity index is 1.94. The van der Waals surface area contributed by atoms with E-state index in [0.29, 0.717) is 6.61 Å². The molecule has 1 aromatic heterocycles. The van der Waals surface area contributed by atoms with E-state index in [-0.39, 0.29) is 24.4 Å². The zero-order valence-electron chi connectivity index (χ0n) is 10.6. The van der Waals surface area contributed by atoms with Crippen LogP contribution in [0.1, 0.15) is 24.3 Å². The summed E-state index contributed by atoms with van der Waals surface area (Å²) in [6, 6.07) is 6.61. The minimum absolute atomic E-state index is 0.0545. The fourth-order valence-electron chi connectivity index (χ4n) is 2.69. The molecular weight excluding hydrogens is 245 g/mol.